The first-order valence-electron chi connectivity index (χ1n) is 9.93. The topological polar surface area (TPSA) is 122 Å². The maximum atomic E-state index is 12.4. The monoisotopic (exact) mass is 412 g/mol. The quantitative estimate of drug-likeness (QED) is 0.689. The number of rotatable bonds is 5. The van der Waals surface area contributed by atoms with Crippen molar-refractivity contribution < 1.29 is 14.3 Å². The number of carbonyl (C=O) groups is 2. The molecule has 0 unspecified atom stereocenters. The minimum absolute atomic E-state index is 0.0468. The number of likely N-dealkylation sites (tertiary alicyclic amines) is 1. The molecule has 9 heteroatoms. The zero-order valence-corrected chi connectivity index (χ0v) is 17.5. The average molecular weight is 412 g/mol. The number of aromatic nitrogens is 2. The Hall–Kier alpha value is -3.36. The molecule has 30 heavy (non-hydrogen) atoms. The van der Waals surface area contributed by atoms with Crippen molar-refractivity contribution in [2.24, 2.45) is 5.73 Å². The number of hydrogen-bond donors (Lipinski definition) is 3. The number of carbonyl (C=O) groups excluding carboxylic acids is 2. The predicted molar refractivity (Wildman–Crippen MR) is 115 cm³/mol. The van der Waals surface area contributed by atoms with E-state index in [9.17, 15) is 9.59 Å². The summed E-state index contributed by atoms with van der Waals surface area (Å²) < 4.78 is 5.48. The maximum Gasteiger partial charge on any atom is 0.410 e. The molecule has 0 spiro atoms. The molecule has 0 radical (unpaired) electrons. The van der Waals surface area contributed by atoms with E-state index in [0.29, 0.717) is 30.4 Å². The number of pyridine rings is 2. The second-order valence-electron chi connectivity index (χ2n) is 8.23. The van der Waals surface area contributed by atoms with Crippen LogP contribution in [0.4, 0.5) is 22.1 Å². The molecule has 0 aliphatic carbocycles. The van der Waals surface area contributed by atoms with Crippen LogP contribution in [0.15, 0.2) is 36.7 Å². The molecule has 0 saturated carbocycles. The van der Waals surface area contributed by atoms with Crippen LogP contribution in [0.1, 0.15) is 44.0 Å². The van der Waals surface area contributed by atoms with Crippen molar-refractivity contribution in [1.29, 1.82) is 0 Å². The Bertz CT molecular complexity index is 897. The van der Waals surface area contributed by atoms with Gasteiger partial charge in [0.05, 0.1) is 11.3 Å². The second kappa shape index (κ2) is 8.98. The Kier molecular flexibility index (Phi) is 6.39. The average Bonchev–Trinajstić information content (AvgIpc) is 2.68. The summed E-state index contributed by atoms with van der Waals surface area (Å²) in [6.07, 6.45) is 4.45. The molecule has 3 heterocycles. The van der Waals surface area contributed by atoms with Crippen molar-refractivity contribution in [3.63, 3.8) is 0 Å². The summed E-state index contributed by atoms with van der Waals surface area (Å²) in [5.41, 5.74) is 5.83. The third-order valence-electron chi connectivity index (χ3n) is 4.52. The van der Waals surface area contributed by atoms with Crippen LogP contribution >= 0.6 is 0 Å². The fraction of sp³-hybridized carbons (Fsp3) is 0.429. The van der Waals surface area contributed by atoms with Crippen molar-refractivity contribution in [2.75, 3.05) is 23.7 Å². The SMILES string of the molecule is CC(C)(C)OC(=O)N1CCC[C@H](Nc2cc(Nc3ccccn3)ncc2C(N)=O)C1. The van der Waals surface area contributed by atoms with Crippen LogP contribution in [0, 0.1) is 0 Å². The molecule has 1 aliphatic rings. The summed E-state index contributed by atoms with van der Waals surface area (Å²) in [4.78, 5) is 34.5. The number of nitrogens with one attached hydrogen (secondary N) is 2. The first kappa shape index (κ1) is 21.4. The van der Waals surface area contributed by atoms with Gasteiger partial charge in [0.1, 0.15) is 17.2 Å². The van der Waals surface area contributed by atoms with Crippen molar-refractivity contribution in [3.05, 3.63) is 42.2 Å². The number of nitrogens with two attached hydrogens (primary N) is 1. The summed E-state index contributed by atoms with van der Waals surface area (Å²) in [6, 6.07) is 7.17. The van der Waals surface area contributed by atoms with E-state index in [1.165, 1.54) is 6.20 Å². The van der Waals surface area contributed by atoms with Crippen LogP contribution in [0.25, 0.3) is 0 Å². The molecule has 3 rings (SSSR count). The lowest BCUT2D eigenvalue weighted by Crippen LogP contribution is -2.47. The van der Waals surface area contributed by atoms with Gasteiger partial charge in [-0.05, 0) is 45.7 Å². The molecular weight excluding hydrogens is 384 g/mol. The fourth-order valence-electron chi connectivity index (χ4n) is 3.21. The summed E-state index contributed by atoms with van der Waals surface area (Å²) in [5, 5.41) is 6.46. The molecule has 1 saturated heterocycles. The molecule has 2 aromatic rings. The van der Waals surface area contributed by atoms with Crippen molar-refractivity contribution in [3.8, 4) is 0 Å². The van der Waals surface area contributed by atoms with Gasteiger partial charge in [0.15, 0.2) is 0 Å². The molecule has 1 aliphatic heterocycles. The highest BCUT2D eigenvalue weighted by Crippen LogP contribution is 2.24. The molecule has 4 N–H and O–H groups in total. The van der Waals surface area contributed by atoms with Crippen molar-refractivity contribution in [2.45, 2.75) is 45.3 Å². The number of hydrogen-bond acceptors (Lipinski definition) is 7. The molecular formula is C21H28N6O3. The van der Waals surface area contributed by atoms with Crippen LogP contribution in [-0.4, -0.2) is 51.6 Å². The van der Waals surface area contributed by atoms with Gasteiger partial charge < -0.3 is 26.0 Å². The fourth-order valence-corrected chi connectivity index (χ4v) is 3.21. The molecule has 0 aromatic carbocycles. The highest BCUT2D eigenvalue weighted by molar-refractivity contribution is 5.98. The van der Waals surface area contributed by atoms with Crippen LogP contribution < -0.4 is 16.4 Å². The van der Waals surface area contributed by atoms with E-state index < -0.39 is 11.5 Å². The number of ether oxygens (including phenoxy) is 1. The number of primary amides is 1. The van der Waals surface area contributed by atoms with E-state index in [0.717, 1.165) is 12.8 Å². The predicted octanol–water partition coefficient (Wildman–Crippen LogP) is 3.13. The van der Waals surface area contributed by atoms with Crippen LogP contribution in [0.2, 0.25) is 0 Å². The summed E-state index contributed by atoms with van der Waals surface area (Å²) in [6.45, 7) is 6.64. The minimum Gasteiger partial charge on any atom is -0.444 e. The summed E-state index contributed by atoms with van der Waals surface area (Å²) >= 11 is 0. The van der Waals surface area contributed by atoms with Gasteiger partial charge >= 0.3 is 6.09 Å². The van der Waals surface area contributed by atoms with E-state index in [4.69, 9.17) is 10.5 Å². The minimum atomic E-state index is -0.575. The standard InChI is InChI=1S/C21H28N6O3/c1-21(2,3)30-20(29)27-10-6-7-14(13-27)25-16-11-18(24-12-15(16)19(22)28)26-17-8-4-5-9-23-17/h4-5,8-9,11-12,14H,6-7,10,13H2,1-3H3,(H2,22,28)(H2,23,24,25,26)/t14-/m0/s1. The normalized spacial score (nSPS) is 16.6. The largest absolute Gasteiger partial charge is 0.444 e. The zero-order chi connectivity index (χ0) is 21.7. The van der Waals surface area contributed by atoms with Gasteiger partial charge in [-0.2, -0.15) is 0 Å². The van der Waals surface area contributed by atoms with E-state index in [1.54, 1.807) is 17.2 Å². The highest BCUT2D eigenvalue weighted by Gasteiger charge is 2.28. The van der Waals surface area contributed by atoms with E-state index in [2.05, 4.69) is 20.6 Å². The van der Waals surface area contributed by atoms with Gasteiger partial charge in [-0.1, -0.05) is 6.07 Å². The van der Waals surface area contributed by atoms with Gasteiger partial charge in [-0.25, -0.2) is 14.8 Å². The maximum absolute atomic E-state index is 12.4. The Morgan fingerprint density at radius 2 is 2.03 bits per heavy atom. The molecule has 0 bridgehead atoms. The smallest absolute Gasteiger partial charge is 0.410 e. The van der Waals surface area contributed by atoms with Crippen LogP contribution in [0.3, 0.4) is 0 Å². The van der Waals surface area contributed by atoms with E-state index in [-0.39, 0.29) is 17.7 Å². The van der Waals surface area contributed by atoms with Gasteiger partial charge in [-0.15, -0.1) is 0 Å². The third-order valence-corrected chi connectivity index (χ3v) is 4.52. The lowest BCUT2D eigenvalue weighted by Gasteiger charge is -2.35. The van der Waals surface area contributed by atoms with Gasteiger partial charge in [-0.3, -0.25) is 4.79 Å². The Balaban J connectivity index is 1.74. The third kappa shape index (κ3) is 5.82. The molecule has 9 nitrogen and oxygen atoms in total. The van der Waals surface area contributed by atoms with E-state index in [1.807, 2.05) is 39.0 Å². The molecule has 1 atom stereocenters. The van der Waals surface area contributed by atoms with Gasteiger partial charge in [0.25, 0.3) is 5.91 Å². The van der Waals surface area contributed by atoms with Gasteiger partial charge in [0.2, 0.25) is 0 Å². The van der Waals surface area contributed by atoms with Gasteiger partial charge in [0, 0.05) is 37.6 Å². The molecule has 160 valence electrons. The van der Waals surface area contributed by atoms with Crippen molar-refractivity contribution in [1.82, 2.24) is 14.9 Å². The highest BCUT2D eigenvalue weighted by atomic mass is 16.6. The lowest BCUT2D eigenvalue weighted by molar-refractivity contribution is 0.0206. The van der Waals surface area contributed by atoms with Crippen LogP contribution in [0.5, 0.6) is 0 Å². The molecule has 2 amide bonds. The van der Waals surface area contributed by atoms with E-state index >= 15 is 0 Å². The first-order chi connectivity index (χ1) is 14.2. The summed E-state index contributed by atoms with van der Waals surface area (Å²) in [7, 11) is 0. The number of nitrogens with zero attached hydrogens (tertiary/aromatic N) is 3. The Labute approximate surface area is 176 Å². The first-order valence-corrected chi connectivity index (χ1v) is 9.93. The molecule has 2 aromatic heterocycles. The van der Waals surface area contributed by atoms with Crippen LogP contribution in [-0.2, 0) is 4.74 Å². The number of amides is 2. The lowest BCUT2D eigenvalue weighted by atomic mass is 10.0. The Morgan fingerprint density at radius 1 is 1.23 bits per heavy atom. The van der Waals surface area contributed by atoms with Crippen molar-refractivity contribution >= 4 is 29.3 Å². The second-order valence-corrected chi connectivity index (χ2v) is 8.23. The Morgan fingerprint density at radius 3 is 2.70 bits per heavy atom. The number of anilines is 3. The molecule has 1 fully saturated rings. The zero-order valence-electron chi connectivity index (χ0n) is 17.5. The number of piperidine rings is 1. The summed E-state index contributed by atoms with van der Waals surface area (Å²) in [5.74, 6) is 0.590.